The molecule has 2 aliphatic rings. The summed E-state index contributed by atoms with van der Waals surface area (Å²) in [5.41, 5.74) is -0.593. The van der Waals surface area contributed by atoms with Crippen LogP contribution in [0.15, 0.2) is 24.3 Å². The predicted molar refractivity (Wildman–Crippen MR) is 124 cm³/mol. The maximum atomic E-state index is 12.3. The Labute approximate surface area is 209 Å². The zero-order chi connectivity index (χ0) is 26.5. The van der Waals surface area contributed by atoms with Crippen molar-refractivity contribution >= 4 is 29.6 Å². The number of amides is 4. The minimum Gasteiger partial charge on any atom is -0.375 e. The van der Waals surface area contributed by atoms with Gasteiger partial charge >= 0.3 is 5.97 Å². The minimum absolute atomic E-state index is 0.0148. The lowest BCUT2D eigenvalue weighted by molar-refractivity contribution is -0.198. The fourth-order valence-corrected chi connectivity index (χ4v) is 3.66. The van der Waals surface area contributed by atoms with E-state index in [-0.39, 0.29) is 32.5 Å². The van der Waals surface area contributed by atoms with Crippen LogP contribution in [-0.2, 0) is 33.5 Å². The second-order valence-electron chi connectivity index (χ2n) is 9.79. The lowest BCUT2D eigenvalue weighted by Crippen LogP contribution is -2.35. The van der Waals surface area contributed by atoms with E-state index >= 15 is 0 Å². The van der Waals surface area contributed by atoms with Crippen LogP contribution in [0, 0.1) is 0 Å². The second kappa shape index (κ2) is 11.3. The molecule has 11 heteroatoms. The zero-order valence-corrected chi connectivity index (χ0v) is 21.0. The molecule has 0 bridgehead atoms. The minimum atomic E-state index is -0.669. The third kappa shape index (κ3) is 6.96. The molecule has 4 amide bonds. The molecule has 2 aliphatic heterocycles. The number of carbonyl (C=O) groups excluding carboxylic acids is 5. The van der Waals surface area contributed by atoms with Crippen molar-refractivity contribution in [2.75, 3.05) is 19.8 Å². The Hall–Kier alpha value is -3.15. The fourth-order valence-electron chi connectivity index (χ4n) is 3.66. The first kappa shape index (κ1) is 27.4. The van der Waals surface area contributed by atoms with Gasteiger partial charge in [-0.1, -0.05) is 12.1 Å². The summed E-state index contributed by atoms with van der Waals surface area (Å²) in [5.74, 6) is -2.68. The summed E-state index contributed by atoms with van der Waals surface area (Å²) in [4.78, 5) is 70.0. The Morgan fingerprint density at radius 2 is 1.31 bits per heavy atom. The van der Waals surface area contributed by atoms with E-state index < -0.39 is 40.8 Å². The van der Waals surface area contributed by atoms with Gasteiger partial charge in [0.15, 0.2) is 0 Å². The first-order valence-corrected chi connectivity index (χ1v) is 11.9. The van der Waals surface area contributed by atoms with Crippen LogP contribution >= 0.6 is 0 Å². The van der Waals surface area contributed by atoms with Crippen LogP contribution in [0.2, 0.25) is 0 Å². The quantitative estimate of drug-likeness (QED) is 0.294. The highest BCUT2D eigenvalue weighted by molar-refractivity contribution is 6.20. The molecule has 1 aromatic rings. The highest BCUT2D eigenvalue weighted by atomic mass is 16.7. The number of imide groups is 2. The molecule has 1 aromatic carbocycles. The molecule has 36 heavy (non-hydrogen) atoms. The molecule has 0 aromatic heterocycles. The number of nitrogens with zero attached hydrogens (tertiary/aromatic N) is 2. The summed E-state index contributed by atoms with van der Waals surface area (Å²) >= 11 is 0. The molecule has 2 heterocycles. The molecule has 0 radical (unpaired) electrons. The number of rotatable bonds is 13. The standard InChI is InChI=1S/C25H32N2O9/c1-24(2,12-11-21(30)36-26-19(28)9-10-20(26)29)33-14-13-25(3,4)34-15-16-35-27-22(31)17-7-5-6-8-18(17)23(27)32/h5-8H,9-16H2,1-4H3. The molecule has 0 saturated carbocycles. The van der Waals surface area contributed by atoms with Crippen molar-refractivity contribution < 1.29 is 43.1 Å². The van der Waals surface area contributed by atoms with Gasteiger partial charge in [0.2, 0.25) is 0 Å². The van der Waals surface area contributed by atoms with Crippen molar-refractivity contribution in [3.8, 4) is 0 Å². The van der Waals surface area contributed by atoms with Gasteiger partial charge < -0.3 is 14.3 Å². The average Bonchev–Trinajstić information content (AvgIpc) is 3.26. The van der Waals surface area contributed by atoms with Crippen LogP contribution < -0.4 is 0 Å². The van der Waals surface area contributed by atoms with Gasteiger partial charge in [-0.25, -0.2) is 4.79 Å². The van der Waals surface area contributed by atoms with Crippen LogP contribution in [0.25, 0.3) is 0 Å². The van der Waals surface area contributed by atoms with Crippen molar-refractivity contribution in [3.05, 3.63) is 35.4 Å². The number of hydroxylamine groups is 4. The molecule has 1 saturated heterocycles. The van der Waals surface area contributed by atoms with E-state index in [0.717, 1.165) is 5.06 Å². The Kier molecular flexibility index (Phi) is 8.59. The molecular formula is C25H32N2O9. The summed E-state index contributed by atoms with van der Waals surface area (Å²) in [6.07, 6.45) is 0.947. The number of fused-ring (bicyclic) bond motifs is 1. The van der Waals surface area contributed by atoms with Gasteiger partial charge in [-0.05, 0) is 52.7 Å². The van der Waals surface area contributed by atoms with Gasteiger partial charge in [-0.15, -0.1) is 10.1 Å². The van der Waals surface area contributed by atoms with E-state index in [2.05, 4.69) is 0 Å². The monoisotopic (exact) mass is 504 g/mol. The Bertz CT molecular complexity index is 983. The number of benzene rings is 1. The van der Waals surface area contributed by atoms with Crippen molar-refractivity contribution in [2.45, 2.75) is 71.0 Å². The summed E-state index contributed by atoms with van der Waals surface area (Å²) < 4.78 is 11.8. The van der Waals surface area contributed by atoms with Crippen molar-refractivity contribution in [1.29, 1.82) is 0 Å². The van der Waals surface area contributed by atoms with E-state index in [1.165, 1.54) is 0 Å². The maximum absolute atomic E-state index is 12.3. The second-order valence-corrected chi connectivity index (χ2v) is 9.79. The topological polar surface area (TPSA) is 129 Å². The van der Waals surface area contributed by atoms with Gasteiger partial charge in [0.05, 0.1) is 48.6 Å². The van der Waals surface area contributed by atoms with E-state index in [0.29, 0.717) is 35.6 Å². The first-order chi connectivity index (χ1) is 16.9. The highest BCUT2D eigenvalue weighted by Gasteiger charge is 2.37. The Morgan fingerprint density at radius 3 is 1.89 bits per heavy atom. The van der Waals surface area contributed by atoms with Gasteiger partial charge in [-0.3, -0.25) is 24.0 Å². The summed E-state index contributed by atoms with van der Waals surface area (Å²) in [6.45, 7) is 7.94. The summed E-state index contributed by atoms with van der Waals surface area (Å²) in [6, 6.07) is 6.54. The van der Waals surface area contributed by atoms with Crippen LogP contribution in [0.1, 0.15) is 80.5 Å². The molecule has 0 aliphatic carbocycles. The average molecular weight is 505 g/mol. The number of carbonyl (C=O) groups is 5. The molecule has 11 nitrogen and oxygen atoms in total. The van der Waals surface area contributed by atoms with Crippen LogP contribution in [0.3, 0.4) is 0 Å². The molecule has 0 spiro atoms. The number of ether oxygens (including phenoxy) is 2. The van der Waals surface area contributed by atoms with E-state index in [4.69, 9.17) is 19.1 Å². The smallest absolute Gasteiger partial charge is 0.333 e. The molecule has 1 fully saturated rings. The SMILES string of the molecule is CC(C)(CCOC(C)(C)CCC(=O)ON1C(=O)CCC1=O)OCCON1C(=O)c2ccccc2C1=O. The fraction of sp³-hybridized carbons (Fsp3) is 0.560. The lowest BCUT2D eigenvalue weighted by atomic mass is 10.0. The third-order valence-electron chi connectivity index (χ3n) is 5.88. The normalized spacial score (nSPS) is 16.2. The lowest BCUT2D eigenvalue weighted by Gasteiger charge is -2.29. The highest BCUT2D eigenvalue weighted by Crippen LogP contribution is 2.24. The molecular weight excluding hydrogens is 472 g/mol. The predicted octanol–water partition coefficient (Wildman–Crippen LogP) is 2.58. The molecule has 3 rings (SSSR count). The van der Waals surface area contributed by atoms with E-state index in [1.54, 1.807) is 24.3 Å². The van der Waals surface area contributed by atoms with E-state index in [9.17, 15) is 24.0 Å². The maximum Gasteiger partial charge on any atom is 0.333 e. The van der Waals surface area contributed by atoms with Gasteiger partial charge in [0, 0.05) is 12.8 Å². The Morgan fingerprint density at radius 1 is 0.778 bits per heavy atom. The van der Waals surface area contributed by atoms with Gasteiger partial charge in [-0.2, -0.15) is 0 Å². The third-order valence-corrected chi connectivity index (χ3v) is 5.88. The largest absolute Gasteiger partial charge is 0.375 e. The van der Waals surface area contributed by atoms with Gasteiger partial charge in [0.25, 0.3) is 23.6 Å². The van der Waals surface area contributed by atoms with Crippen molar-refractivity contribution in [1.82, 2.24) is 10.1 Å². The number of hydrogen-bond acceptors (Lipinski definition) is 9. The summed E-state index contributed by atoms with van der Waals surface area (Å²) in [5, 5.41) is 1.29. The molecule has 0 atom stereocenters. The zero-order valence-electron chi connectivity index (χ0n) is 21.0. The molecule has 196 valence electrons. The molecule has 0 N–H and O–H groups in total. The van der Waals surface area contributed by atoms with Gasteiger partial charge in [0.1, 0.15) is 0 Å². The van der Waals surface area contributed by atoms with Crippen molar-refractivity contribution in [2.24, 2.45) is 0 Å². The number of hydrogen-bond donors (Lipinski definition) is 0. The van der Waals surface area contributed by atoms with Crippen LogP contribution in [0.5, 0.6) is 0 Å². The van der Waals surface area contributed by atoms with Crippen LogP contribution in [-0.4, -0.2) is 70.7 Å². The van der Waals surface area contributed by atoms with Crippen LogP contribution in [0.4, 0.5) is 0 Å². The molecule has 0 unspecified atom stereocenters. The van der Waals surface area contributed by atoms with Crippen molar-refractivity contribution in [3.63, 3.8) is 0 Å². The first-order valence-electron chi connectivity index (χ1n) is 11.9. The van der Waals surface area contributed by atoms with E-state index in [1.807, 2.05) is 27.7 Å². The Balaban J connectivity index is 1.32. The summed E-state index contributed by atoms with van der Waals surface area (Å²) in [7, 11) is 0.